The van der Waals surface area contributed by atoms with E-state index in [4.69, 9.17) is 0 Å². The van der Waals surface area contributed by atoms with Crippen LogP contribution in [-0.4, -0.2) is 16.5 Å². The molecule has 1 N–H and O–H groups in total. The monoisotopic (exact) mass is 265 g/mol. The number of nitrogens with one attached hydrogen (secondary N) is 1. The first-order valence-electron chi connectivity index (χ1n) is 6.57. The van der Waals surface area contributed by atoms with Gasteiger partial charge in [0.2, 0.25) is 0 Å². The van der Waals surface area contributed by atoms with Crippen molar-refractivity contribution in [3.8, 4) is 0 Å². The van der Waals surface area contributed by atoms with Crippen LogP contribution in [0.15, 0.2) is 23.1 Å². The van der Waals surface area contributed by atoms with Crippen LogP contribution in [0.4, 0.5) is 0 Å². The van der Waals surface area contributed by atoms with Crippen LogP contribution in [0.2, 0.25) is 0 Å². The summed E-state index contributed by atoms with van der Waals surface area (Å²) in [6.07, 6.45) is 0.948. The van der Waals surface area contributed by atoms with E-state index in [0.29, 0.717) is 6.04 Å². The Kier molecular flexibility index (Phi) is 3.65. The molecule has 3 unspecified atom stereocenters. The molecule has 2 rings (SSSR count). The van der Waals surface area contributed by atoms with E-state index in [1.807, 2.05) is 7.05 Å². The zero-order valence-electron chi connectivity index (χ0n) is 11.9. The average molecular weight is 265 g/mol. The molecule has 1 aliphatic rings. The van der Waals surface area contributed by atoms with E-state index in [0.717, 1.165) is 11.3 Å². The first-order chi connectivity index (χ1) is 8.34. The largest absolute Gasteiger partial charge is 0.313 e. The van der Waals surface area contributed by atoms with Crippen LogP contribution in [0.3, 0.4) is 0 Å². The minimum absolute atomic E-state index is 0.137. The smallest absolute Gasteiger partial charge is 0.0562 e. The Bertz CT molecular complexity index is 476. The molecule has 0 bridgehead atoms. The van der Waals surface area contributed by atoms with Crippen LogP contribution in [0.25, 0.3) is 0 Å². The van der Waals surface area contributed by atoms with Crippen molar-refractivity contribution in [2.24, 2.45) is 0 Å². The minimum Gasteiger partial charge on any atom is -0.313 e. The first kappa shape index (κ1) is 13.8. The summed E-state index contributed by atoms with van der Waals surface area (Å²) < 4.78 is 12.3. The number of hydrogen-bond acceptors (Lipinski definition) is 2. The topological polar surface area (TPSA) is 29.1 Å². The Morgan fingerprint density at radius 2 is 2.00 bits per heavy atom. The van der Waals surface area contributed by atoms with Crippen molar-refractivity contribution in [3.63, 3.8) is 0 Å². The number of hydrogen-bond donors (Lipinski definition) is 1. The van der Waals surface area contributed by atoms with E-state index in [9.17, 15) is 4.21 Å². The molecule has 0 aromatic heterocycles. The molecule has 18 heavy (non-hydrogen) atoms. The third-order valence-electron chi connectivity index (χ3n) is 3.75. The minimum atomic E-state index is -0.857. The molecular weight excluding hydrogens is 242 g/mol. The van der Waals surface area contributed by atoms with Crippen molar-refractivity contribution >= 4 is 10.8 Å². The SMILES string of the molecule is CNC1CC(C)S(=O)c2ccc(C(C)(C)C)cc21. The van der Waals surface area contributed by atoms with Gasteiger partial charge in [-0.25, -0.2) is 0 Å². The van der Waals surface area contributed by atoms with Crippen molar-refractivity contribution in [2.45, 2.75) is 55.7 Å². The molecule has 0 amide bonds. The van der Waals surface area contributed by atoms with Crippen LogP contribution in [0.5, 0.6) is 0 Å². The van der Waals surface area contributed by atoms with Gasteiger partial charge in [-0.15, -0.1) is 0 Å². The summed E-state index contributed by atoms with van der Waals surface area (Å²) in [5, 5.41) is 3.59. The van der Waals surface area contributed by atoms with Crippen LogP contribution < -0.4 is 5.32 Å². The Morgan fingerprint density at radius 1 is 1.33 bits per heavy atom. The molecule has 1 heterocycles. The van der Waals surface area contributed by atoms with Crippen molar-refractivity contribution in [3.05, 3.63) is 29.3 Å². The van der Waals surface area contributed by atoms with Gasteiger partial charge < -0.3 is 5.32 Å². The third-order valence-corrected chi connectivity index (χ3v) is 5.48. The summed E-state index contributed by atoms with van der Waals surface area (Å²) in [6.45, 7) is 8.71. The summed E-state index contributed by atoms with van der Waals surface area (Å²) >= 11 is 0. The lowest BCUT2D eigenvalue weighted by molar-refractivity contribution is 0.513. The van der Waals surface area contributed by atoms with Gasteiger partial charge in [0.15, 0.2) is 0 Å². The van der Waals surface area contributed by atoms with Crippen LogP contribution >= 0.6 is 0 Å². The lowest BCUT2D eigenvalue weighted by Gasteiger charge is -2.31. The lowest BCUT2D eigenvalue weighted by Crippen LogP contribution is -2.30. The van der Waals surface area contributed by atoms with Gasteiger partial charge in [0.1, 0.15) is 0 Å². The normalized spacial score (nSPS) is 27.9. The first-order valence-corrected chi connectivity index (χ1v) is 7.78. The van der Waals surface area contributed by atoms with Gasteiger partial charge in [0, 0.05) is 16.2 Å². The standard InChI is InChI=1S/C15H23NOS/c1-10-8-13(16-5)12-9-11(15(2,3)4)6-7-14(12)18(10)17/h6-7,9-10,13,16H,8H2,1-5H3. The highest BCUT2D eigenvalue weighted by Crippen LogP contribution is 2.36. The number of fused-ring (bicyclic) bond motifs is 1. The molecule has 0 aliphatic carbocycles. The fraction of sp³-hybridized carbons (Fsp3) is 0.600. The Balaban J connectivity index is 2.53. The van der Waals surface area contributed by atoms with Gasteiger partial charge in [-0.3, -0.25) is 4.21 Å². The summed E-state index contributed by atoms with van der Waals surface area (Å²) in [5.41, 5.74) is 2.67. The quantitative estimate of drug-likeness (QED) is 0.845. The molecule has 1 aromatic rings. The molecule has 3 heteroatoms. The van der Waals surface area contributed by atoms with Crippen molar-refractivity contribution < 1.29 is 4.21 Å². The van der Waals surface area contributed by atoms with E-state index in [1.54, 1.807) is 0 Å². The second kappa shape index (κ2) is 4.78. The Morgan fingerprint density at radius 3 is 2.56 bits per heavy atom. The highest BCUT2D eigenvalue weighted by Gasteiger charge is 2.30. The van der Waals surface area contributed by atoms with Gasteiger partial charge in [0.05, 0.1) is 10.8 Å². The molecule has 0 fully saturated rings. The molecule has 100 valence electrons. The van der Waals surface area contributed by atoms with E-state index in [1.165, 1.54) is 11.1 Å². The molecule has 3 atom stereocenters. The van der Waals surface area contributed by atoms with Gasteiger partial charge in [0.25, 0.3) is 0 Å². The van der Waals surface area contributed by atoms with Crippen molar-refractivity contribution in [1.29, 1.82) is 0 Å². The fourth-order valence-electron chi connectivity index (χ4n) is 2.51. The summed E-state index contributed by atoms with van der Waals surface area (Å²) in [6, 6.07) is 6.75. The van der Waals surface area contributed by atoms with Gasteiger partial charge in [-0.2, -0.15) is 0 Å². The second-order valence-electron chi connectivity index (χ2n) is 6.19. The lowest BCUT2D eigenvalue weighted by atomic mass is 9.85. The molecule has 0 saturated carbocycles. The van der Waals surface area contributed by atoms with Crippen LogP contribution in [-0.2, 0) is 16.2 Å². The fourth-order valence-corrected chi connectivity index (χ4v) is 3.94. The predicted molar refractivity (Wildman–Crippen MR) is 77.4 cm³/mol. The Hall–Kier alpha value is -0.670. The van der Waals surface area contributed by atoms with Crippen molar-refractivity contribution in [1.82, 2.24) is 5.32 Å². The maximum atomic E-state index is 12.3. The average Bonchev–Trinajstić information content (AvgIpc) is 2.32. The third kappa shape index (κ3) is 2.39. The van der Waals surface area contributed by atoms with Crippen molar-refractivity contribution in [2.75, 3.05) is 7.05 Å². The molecule has 2 nitrogen and oxygen atoms in total. The summed E-state index contributed by atoms with van der Waals surface area (Å²) in [4.78, 5) is 1.01. The molecule has 1 aromatic carbocycles. The maximum Gasteiger partial charge on any atom is 0.0562 e. The maximum absolute atomic E-state index is 12.3. The number of benzene rings is 1. The van der Waals surface area contributed by atoms with Gasteiger partial charge >= 0.3 is 0 Å². The molecule has 0 saturated heterocycles. The van der Waals surface area contributed by atoms with E-state index < -0.39 is 10.8 Å². The highest BCUT2D eigenvalue weighted by molar-refractivity contribution is 7.85. The Labute approximate surface area is 113 Å². The summed E-state index contributed by atoms with van der Waals surface area (Å²) in [7, 11) is 1.13. The van der Waals surface area contributed by atoms with Gasteiger partial charge in [-0.1, -0.05) is 39.8 Å². The molecule has 1 aliphatic heterocycles. The summed E-state index contributed by atoms with van der Waals surface area (Å²) in [5.74, 6) is 0. The molecule has 0 radical (unpaired) electrons. The van der Waals surface area contributed by atoms with Crippen LogP contribution in [0, 0.1) is 0 Å². The predicted octanol–water partition coefficient (Wildman–Crippen LogP) is 3.14. The second-order valence-corrected chi connectivity index (χ2v) is 8.03. The van der Waals surface area contributed by atoms with E-state index in [-0.39, 0.29) is 10.7 Å². The highest BCUT2D eigenvalue weighted by atomic mass is 32.2. The molecular formula is C15H23NOS. The van der Waals surface area contributed by atoms with Crippen LogP contribution in [0.1, 0.15) is 51.3 Å². The van der Waals surface area contributed by atoms with Gasteiger partial charge in [-0.05, 0) is 36.1 Å². The molecule has 0 spiro atoms. The zero-order valence-corrected chi connectivity index (χ0v) is 12.7. The van der Waals surface area contributed by atoms with E-state index >= 15 is 0 Å². The van der Waals surface area contributed by atoms with E-state index in [2.05, 4.69) is 51.2 Å². The zero-order chi connectivity index (χ0) is 13.5. The number of rotatable bonds is 1.